The molecule has 2 heterocycles. The number of nitrogens with one attached hydrogen (secondary N) is 2. The highest BCUT2D eigenvalue weighted by molar-refractivity contribution is 5.82. The van der Waals surface area contributed by atoms with Crippen molar-refractivity contribution >= 4 is 5.91 Å². The van der Waals surface area contributed by atoms with E-state index in [1.54, 1.807) is 0 Å². The number of hydrogen-bond donors (Lipinski definition) is 2. The summed E-state index contributed by atoms with van der Waals surface area (Å²) in [6.07, 6.45) is -1.87. The number of carbonyl (C=O) groups is 1. The van der Waals surface area contributed by atoms with E-state index in [4.69, 9.17) is 4.74 Å². The van der Waals surface area contributed by atoms with Crippen LogP contribution in [-0.4, -0.2) is 48.5 Å². The van der Waals surface area contributed by atoms with E-state index in [1.165, 1.54) is 7.11 Å². The van der Waals surface area contributed by atoms with E-state index in [0.29, 0.717) is 6.42 Å². The van der Waals surface area contributed by atoms with E-state index in [2.05, 4.69) is 20.4 Å². The van der Waals surface area contributed by atoms with E-state index in [0.717, 1.165) is 19.0 Å². The number of rotatable bonds is 6. The molecule has 1 aromatic heterocycles. The summed E-state index contributed by atoms with van der Waals surface area (Å²) in [7, 11) is 1.21. The molecule has 2 unspecified atom stereocenters. The largest absolute Gasteiger partial charge is 0.481 e. The number of ether oxygens (including phenoxy) is 2. The van der Waals surface area contributed by atoms with Crippen LogP contribution in [0.15, 0.2) is 6.07 Å². The highest BCUT2D eigenvalue weighted by Crippen LogP contribution is 2.52. The quantitative estimate of drug-likeness (QED) is 0.722. The Morgan fingerprint density at radius 1 is 1.37 bits per heavy atom. The van der Waals surface area contributed by atoms with Crippen molar-refractivity contribution < 1.29 is 36.2 Å². The van der Waals surface area contributed by atoms with E-state index in [9.17, 15) is 26.7 Å². The summed E-state index contributed by atoms with van der Waals surface area (Å²) in [6.45, 7) is 0.622. The predicted octanol–water partition coefficient (Wildman–Crippen LogP) is 2.02. The molecule has 2 aliphatic rings. The number of halogens is 5. The molecule has 1 aromatic rings. The van der Waals surface area contributed by atoms with E-state index >= 15 is 0 Å². The molecule has 0 aromatic carbocycles. The minimum absolute atomic E-state index is 0.109. The van der Waals surface area contributed by atoms with Crippen LogP contribution in [0.3, 0.4) is 0 Å². The minimum atomic E-state index is -4.41. The van der Waals surface area contributed by atoms with Gasteiger partial charge in [0.1, 0.15) is 0 Å². The number of pyridine rings is 1. The first-order valence-electron chi connectivity index (χ1n) is 8.32. The van der Waals surface area contributed by atoms with Gasteiger partial charge in [-0.1, -0.05) is 0 Å². The lowest BCUT2D eigenvalue weighted by atomic mass is 9.85. The van der Waals surface area contributed by atoms with Crippen LogP contribution in [0.25, 0.3) is 0 Å². The van der Waals surface area contributed by atoms with Gasteiger partial charge in [0.25, 0.3) is 5.88 Å². The van der Waals surface area contributed by atoms with Gasteiger partial charge < -0.3 is 20.1 Å². The first kappa shape index (κ1) is 19.6. The number of methoxy groups -OCH3 is 1. The second-order valence-electron chi connectivity index (χ2n) is 6.45. The van der Waals surface area contributed by atoms with Crippen molar-refractivity contribution in [1.82, 2.24) is 15.6 Å². The average molecular weight is 395 g/mol. The van der Waals surface area contributed by atoms with Gasteiger partial charge in [-0.25, -0.2) is 4.39 Å². The molecule has 150 valence electrons. The smallest absolute Gasteiger partial charge is 0.346 e. The molecule has 11 heteroatoms. The zero-order chi connectivity index (χ0) is 19.8. The Morgan fingerprint density at radius 3 is 2.67 bits per heavy atom. The molecule has 6 nitrogen and oxygen atoms in total. The van der Waals surface area contributed by atoms with Crippen molar-refractivity contribution in [1.29, 1.82) is 0 Å². The van der Waals surface area contributed by atoms with Crippen LogP contribution < -0.4 is 20.1 Å². The second kappa shape index (κ2) is 7.10. The maximum absolute atomic E-state index is 14.2. The fraction of sp³-hybridized carbons (Fsp3) is 0.625. The van der Waals surface area contributed by atoms with Crippen LogP contribution in [0.1, 0.15) is 24.8 Å². The predicted molar refractivity (Wildman–Crippen MR) is 82.5 cm³/mol. The van der Waals surface area contributed by atoms with E-state index in [1.807, 2.05) is 0 Å². The summed E-state index contributed by atoms with van der Waals surface area (Å²) >= 11 is 0. The van der Waals surface area contributed by atoms with Crippen molar-refractivity contribution in [2.45, 2.75) is 49.8 Å². The van der Waals surface area contributed by atoms with Crippen molar-refractivity contribution in [2.24, 2.45) is 0 Å². The molecule has 0 radical (unpaired) electrons. The molecular weight excluding hydrogens is 377 g/mol. The van der Waals surface area contributed by atoms with E-state index < -0.39 is 36.1 Å². The Hall–Kier alpha value is -2.17. The average Bonchev–Trinajstić information content (AvgIpc) is 3.15. The number of nitrogens with zero attached hydrogens (tertiary/aromatic N) is 1. The molecule has 2 fully saturated rings. The summed E-state index contributed by atoms with van der Waals surface area (Å²) in [5.41, 5.74) is 0.152. The van der Waals surface area contributed by atoms with Gasteiger partial charge in [-0.3, -0.25) is 4.79 Å². The van der Waals surface area contributed by atoms with E-state index in [-0.39, 0.29) is 29.9 Å². The SMILES string of the molecule is COc1nc(OC2CC(F)(F)C2(F)F)c(F)cc1CNC(=O)C1CCCN1. The maximum atomic E-state index is 14.2. The molecule has 2 atom stereocenters. The number of hydrogen-bond acceptors (Lipinski definition) is 5. The zero-order valence-electron chi connectivity index (χ0n) is 14.3. The molecule has 0 bridgehead atoms. The third kappa shape index (κ3) is 3.64. The third-order valence-electron chi connectivity index (χ3n) is 4.59. The highest BCUT2D eigenvalue weighted by Gasteiger charge is 2.73. The van der Waals surface area contributed by atoms with Crippen LogP contribution in [-0.2, 0) is 11.3 Å². The number of amides is 1. The Morgan fingerprint density at radius 2 is 2.11 bits per heavy atom. The molecule has 0 spiro atoms. The first-order valence-corrected chi connectivity index (χ1v) is 8.32. The molecule has 1 saturated carbocycles. The molecule has 1 aliphatic carbocycles. The van der Waals surface area contributed by atoms with Gasteiger partial charge in [-0.15, -0.1) is 0 Å². The second-order valence-corrected chi connectivity index (χ2v) is 6.45. The fourth-order valence-corrected chi connectivity index (χ4v) is 2.95. The molecular formula is C16H18F5N3O3. The van der Waals surface area contributed by atoms with Crippen LogP contribution in [0.4, 0.5) is 22.0 Å². The molecule has 1 saturated heterocycles. The Balaban J connectivity index is 1.69. The lowest BCUT2D eigenvalue weighted by Gasteiger charge is -2.42. The summed E-state index contributed by atoms with van der Waals surface area (Å²) in [5.74, 6) is -11.0. The topological polar surface area (TPSA) is 72.5 Å². The Bertz CT molecular complexity index is 725. The van der Waals surface area contributed by atoms with Gasteiger partial charge in [0, 0.05) is 12.1 Å². The van der Waals surface area contributed by atoms with Crippen molar-refractivity contribution in [3.63, 3.8) is 0 Å². The lowest BCUT2D eigenvalue weighted by molar-refractivity contribution is -0.324. The van der Waals surface area contributed by atoms with Crippen LogP contribution >= 0.6 is 0 Å². The van der Waals surface area contributed by atoms with Gasteiger partial charge in [0.2, 0.25) is 11.8 Å². The van der Waals surface area contributed by atoms with Gasteiger partial charge in [-0.05, 0) is 25.5 Å². The van der Waals surface area contributed by atoms with Crippen LogP contribution in [0.5, 0.6) is 11.8 Å². The van der Waals surface area contributed by atoms with Gasteiger partial charge in [-0.2, -0.15) is 22.5 Å². The number of carbonyl (C=O) groups excluding carboxylic acids is 1. The summed E-state index contributed by atoms with van der Waals surface area (Å²) in [5, 5.41) is 5.61. The summed E-state index contributed by atoms with van der Waals surface area (Å²) in [6, 6.07) is 0.567. The Labute approximate surface area is 151 Å². The lowest BCUT2D eigenvalue weighted by Crippen LogP contribution is -2.64. The Kier molecular flexibility index (Phi) is 5.15. The van der Waals surface area contributed by atoms with Gasteiger partial charge in [0.05, 0.1) is 19.6 Å². The maximum Gasteiger partial charge on any atom is 0.346 e. The summed E-state index contributed by atoms with van der Waals surface area (Å²) in [4.78, 5) is 15.6. The normalized spacial score (nSPS) is 25.6. The van der Waals surface area contributed by atoms with Crippen molar-refractivity contribution in [3.05, 3.63) is 17.4 Å². The monoisotopic (exact) mass is 395 g/mol. The highest BCUT2D eigenvalue weighted by atomic mass is 19.3. The van der Waals surface area contributed by atoms with Crippen LogP contribution in [0, 0.1) is 5.82 Å². The molecule has 1 aliphatic heterocycles. The molecule has 1 amide bonds. The first-order chi connectivity index (χ1) is 12.7. The molecule has 3 rings (SSSR count). The number of alkyl halides is 4. The fourth-order valence-electron chi connectivity index (χ4n) is 2.95. The van der Waals surface area contributed by atoms with Gasteiger partial charge >= 0.3 is 11.8 Å². The van der Waals surface area contributed by atoms with Crippen LogP contribution in [0.2, 0.25) is 0 Å². The minimum Gasteiger partial charge on any atom is -0.481 e. The van der Waals surface area contributed by atoms with Gasteiger partial charge in [0.15, 0.2) is 11.9 Å². The zero-order valence-corrected chi connectivity index (χ0v) is 14.3. The third-order valence-corrected chi connectivity index (χ3v) is 4.59. The van der Waals surface area contributed by atoms with Crippen molar-refractivity contribution in [2.75, 3.05) is 13.7 Å². The standard InChI is InChI=1S/C16H18F5N3O3/c1-26-13-8(7-23-12(25)10-3-2-4-22-10)5-9(17)14(24-13)27-11-6-15(18,19)16(11,20)21/h5,10-11,22H,2-4,6-7H2,1H3,(H,23,25). The summed E-state index contributed by atoms with van der Waals surface area (Å²) < 4.78 is 76.1. The van der Waals surface area contributed by atoms with Crippen molar-refractivity contribution in [3.8, 4) is 11.8 Å². The molecule has 27 heavy (non-hydrogen) atoms. The molecule has 2 N–H and O–H groups in total. The number of aromatic nitrogens is 1.